The van der Waals surface area contributed by atoms with Crippen LogP contribution in [0.2, 0.25) is 0 Å². The Morgan fingerprint density at radius 3 is 2.18 bits per heavy atom. The van der Waals surface area contributed by atoms with Crippen molar-refractivity contribution in [1.82, 2.24) is 4.90 Å². The minimum absolute atomic E-state index is 0.161. The second kappa shape index (κ2) is 6.87. The molecule has 1 heterocycles. The number of amides is 1. The van der Waals surface area contributed by atoms with E-state index in [4.69, 9.17) is 4.74 Å². The second-order valence-corrected chi connectivity index (χ2v) is 5.72. The number of carbonyl (C=O) groups is 1. The minimum atomic E-state index is -0.382. The maximum absolute atomic E-state index is 11.7. The van der Waals surface area contributed by atoms with E-state index in [1.165, 1.54) is 0 Å². The van der Waals surface area contributed by atoms with Crippen molar-refractivity contribution in [3.63, 3.8) is 0 Å². The summed E-state index contributed by atoms with van der Waals surface area (Å²) in [4.78, 5) is 13.6. The first-order valence-electron chi connectivity index (χ1n) is 6.77. The van der Waals surface area contributed by atoms with Crippen LogP contribution < -0.4 is 0 Å². The van der Waals surface area contributed by atoms with Crippen molar-refractivity contribution < 1.29 is 9.53 Å². The molecule has 1 aliphatic heterocycles. The highest BCUT2D eigenvalue weighted by Crippen LogP contribution is 2.24. The molecule has 1 amide bonds. The molecule has 0 N–H and O–H groups in total. The quantitative estimate of drug-likeness (QED) is 0.698. The van der Waals surface area contributed by atoms with Crippen molar-refractivity contribution >= 4 is 6.09 Å². The topological polar surface area (TPSA) is 29.5 Å². The number of hydrogen-bond donors (Lipinski definition) is 0. The zero-order chi connectivity index (χ0) is 13.6. The lowest BCUT2D eigenvalue weighted by molar-refractivity contribution is 0.0285. The van der Waals surface area contributed by atoms with Gasteiger partial charge in [-0.25, -0.2) is 4.79 Å². The molecule has 0 aromatic rings. The fraction of sp³-hybridized carbons (Fsp3) is 0.929. The van der Waals surface area contributed by atoms with Crippen LogP contribution in [0.25, 0.3) is 0 Å². The largest absolute Gasteiger partial charge is 0.444 e. The summed E-state index contributed by atoms with van der Waals surface area (Å²) < 4.78 is 5.34. The number of rotatable bonds is 1. The van der Waals surface area contributed by atoms with Gasteiger partial charge in [0, 0.05) is 13.1 Å². The molecular weight excluding hydrogens is 214 g/mol. The molecule has 1 rings (SSSR count). The van der Waals surface area contributed by atoms with Crippen molar-refractivity contribution in [2.45, 2.75) is 60.5 Å². The Morgan fingerprint density at radius 1 is 1.29 bits per heavy atom. The van der Waals surface area contributed by atoms with Crippen molar-refractivity contribution in [1.29, 1.82) is 0 Å². The van der Waals surface area contributed by atoms with Gasteiger partial charge in [-0.1, -0.05) is 27.7 Å². The van der Waals surface area contributed by atoms with E-state index in [0.717, 1.165) is 19.5 Å². The van der Waals surface area contributed by atoms with E-state index in [1.807, 2.05) is 39.5 Å². The lowest BCUT2D eigenvalue weighted by Gasteiger charge is -2.24. The van der Waals surface area contributed by atoms with Crippen LogP contribution in [0.15, 0.2) is 0 Å². The van der Waals surface area contributed by atoms with Gasteiger partial charge in [-0.05, 0) is 39.0 Å². The van der Waals surface area contributed by atoms with E-state index in [-0.39, 0.29) is 11.7 Å². The molecule has 1 fully saturated rings. The van der Waals surface area contributed by atoms with Crippen LogP contribution in [-0.4, -0.2) is 29.7 Å². The van der Waals surface area contributed by atoms with Gasteiger partial charge in [0.15, 0.2) is 0 Å². The molecular formula is C14H29NO2. The average molecular weight is 243 g/mol. The third-order valence-corrected chi connectivity index (χ3v) is 2.82. The smallest absolute Gasteiger partial charge is 0.410 e. The highest BCUT2D eigenvalue weighted by Gasteiger charge is 2.30. The van der Waals surface area contributed by atoms with Gasteiger partial charge in [0.2, 0.25) is 0 Å². The Labute approximate surface area is 107 Å². The van der Waals surface area contributed by atoms with Crippen LogP contribution in [0.1, 0.15) is 54.9 Å². The van der Waals surface area contributed by atoms with Gasteiger partial charge >= 0.3 is 6.09 Å². The zero-order valence-electron chi connectivity index (χ0n) is 12.5. The standard InChI is InChI=1S/C12H23NO2.C2H6/c1-9(2)10-6-7-13(8-10)11(14)15-12(3,4)5;1-2/h9-10H,6-8H2,1-5H3;1-2H3. The zero-order valence-corrected chi connectivity index (χ0v) is 12.5. The number of carbonyl (C=O) groups excluding carboxylic acids is 1. The van der Waals surface area contributed by atoms with Crippen molar-refractivity contribution in [2.75, 3.05) is 13.1 Å². The van der Waals surface area contributed by atoms with Crippen molar-refractivity contribution in [2.24, 2.45) is 11.8 Å². The minimum Gasteiger partial charge on any atom is -0.444 e. The molecule has 1 saturated heterocycles. The molecule has 1 unspecified atom stereocenters. The maximum atomic E-state index is 11.7. The fourth-order valence-corrected chi connectivity index (χ4v) is 1.82. The SMILES string of the molecule is CC.CC(C)C1CCN(C(=O)OC(C)(C)C)C1. The maximum Gasteiger partial charge on any atom is 0.410 e. The van der Waals surface area contributed by atoms with Gasteiger partial charge < -0.3 is 9.64 Å². The van der Waals surface area contributed by atoms with Crippen LogP contribution in [0.5, 0.6) is 0 Å². The normalized spacial score (nSPS) is 20.0. The van der Waals surface area contributed by atoms with Crippen LogP contribution in [0.4, 0.5) is 4.79 Å². The predicted molar refractivity (Wildman–Crippen MR) is 72.1 cm³/mol. The molecule has 3 heteroatoms. The molecule has 1 atom stereocenters. The summed E-state index contributed by atoms with van der Waals surface area (Å²) in [6.45, 7) is 15.8. The van der Waals surface area contributed by atoms with Gasteiger partial charge in [0.25, 0.3) is 0 Å². The third-order valence-electron chi connectivity index (χ3n) is 2.82. The third kappa shape index (κ3) is 5.94. The molecule has 1 aliphatic rings. The Morgan fingerprint density at radius 2 is 1.82 bits per heavy atom. The van der Waals surface area contributed by atoms with Crippen LogP contribution in [0.3, 0.4) is 0 Å². The lowest BCUT2D eigenvalue weighted by atomic mass is 9.95. The first kappa shape index (κ1) is 16.3. The molecule has 17 heavy (non-hydrogen) atoms. The first-order valence-corrected chi connectivity index (χ1v) is 6.77. The van der Waals surface area contributed by atoms with Crippen LogP contribution in [-0.2, 0) is 4.74 Å². The summed E-state index contributed by atoms with van der Waals surface area (Å²) in [6.07, 6.45) is 0.947. The number of ether oxygens (including phenoxy) is 1. The highest BCUT2D eigenvalue weighted by molar-refractivity contribution is 5.68. The Hall–Kier alpha value is -0.730. The van der Waals surface area contributed by atoms with E-state index in [0.29, 0.717) is 11.8 Å². The molecule has 0 aliphatic carbocycles. The molecule has 0 radical (unpaired) electrons. The molecule has 0 saturated carbocycles. The number of hydrogen-bond acceptors (Lipinski definition) is 2. The highest BCUT2D eigenvalue weighted by atomic mass is 16.6. The fourth-order valence-electron chi connectivity index (χ4n) is 1.82. The molecule has 102 valence electrons. The average Bonchev–Trinajstić information content (AvgIpc) is 2.67. The number of nitrogens with zero attached hydrogens (tertiary/aromatic N) is 1. The lowest BCUT2D eigenvalue weighted by Crippen LogP contribution is -2.35. The van der Waals surface area contributed by atoms with E-state index in [9.17, 15) is 4.79 Å². The molecule has 0 spiro atoms. The van der Waals surface area contributed by atoms with Crippen molar-refractivity contribution in [3.05, 3.63) is 0 Å². The van der Waals surface area contributed by atoms with Gasteiger partial charge in [0.1, 0.15) is 5.60 Å². The van der Waals surface area contributed by atoms with Gasteiger partial charge in [-0.15, -0.1) is 0 Å². The summed E-state index contributed by atoms with van der Waals surface area (Å²) in [7, 11) is 0. The summed E-state index contributed by atoms with van der Waals surface area (Å²) in [5.74, 6) is 1.29. The van der Waals surface area contributed by atoms with Crippen LogP contribution in [0, 0.1) is 11.8 Å². The summed E-state index contributed by atoms with van der Waals surface area (Å²) in [5.41, 5.74) is -0.382. The van der Waals surface area contributed by atoms with E-state index in [2.05, 4.69) is 13.8 Å². The van der Waals surface area contributed by atoms with Crippen molar-refractivity contribution in [3.8, 4) is 0 Å². The molecule has 3 nitrogen and oxygen atoms in total. The first-order chi connectivity index (χ1) is 7.79. The van der Waals surface area contributed by atoms with Gasteiger partial charge in [-0.3, -0.25) is 0 Å². The summed E-state index contributed by atoms with van der Waals surface area (Å²) in [6, 6.07) is 0. The Bertz CT molecular complexity index is 231. The number of likely N-dealkylation sites (tertiary alicyclic amines) is 1. The van der Waals surface area contributed by atoms with E-state index in [1.54, 1.807) is 0 Å². The molecule has 0 bridgehead atoms. The summed E-state index contributed by atoms with van der Waals surface area (Å²) in [5, 5.41) is 0. The van der Waals surface area contributed by atoms with E-state index < -0.39 is 0 Å². The van der Waals surface area contributed by atoms with Gasteiger partial charge in [0.05, 0.1) is 0 Å². The predicted octanol–water partition coefficient (Wildman–Crippen LogP) is 3.93. The monoisotopic (exact) mass is 243 g/mol. The molecule has 0 aromatic carbocycles. The second-order valence-electron chi connectivity index (χ2n) is 5.72. The van der Waals surface area contributed by atoms with Crippen LogP contribution >= 0.6 is 0 Å². The summed E-state index contributed by atoms with van der Waals surface area (Å²) >= 11 is 0. The van der Waals surface area contributed by atoms with E-state index >= 15 is 0 Å². The Balaban J connectivity index is 0.00000121. The molecule has 0 aromatic heterocycles. The Kier molecular flexibility index (Phi) is 6.58. The van der Waals surface area contributed by atoms with Gasteiger partial charge in [-0.2, -0.15) is 0 Å².